The third-order valence-electron chi connectivity index (χ3n) is 5.69. The van der Waals surface area contributed by atoms with Crippen molar-refractivity contribution in [2.75, 3.05) is 16.4 Å². The Bertz CT molecular complexity index is 1480. The molecule has 1 heterocycles. The number of dihydropyridines is 1. The number of nitrogens with zero attached hydrogens (tertiary/aromatic N) is 1. The van der Waals surface area contributed by atoms with Gasteiger partial charge in [-0.1, -0.05) is 69.1 Å². The van der Waals surface area contributed by atoms with Crippen molar-refractivity contribution in [1.29, 1.82) is 5.26 Å². The van der Waals surface area contributed by atoms with Crippen molar-refractivity contribution < 1.29 is 9.59 Å². The molecule has 0 aliphatic carbocycles. The number of halogens is 3. The Hall–Kier alpha value is -3.22. The lowest BCUT2D eigenvalue weighted by Crippen LogP contribution is -2.31. The van der Waals surface area contributed by atoms with Gasteiger partial charge in [0.15, 0.2) is 0 Å². The second kappa shape index (κ2) is 12.5. The molecular weight excluding hydrogens is 607 g/mol. The molecule has 3 aromatic carbocycles. The monoisotopic (exact) mass is 626 g/mol. The Morgan fingerprint density at radius 2 is 1.63 bits per heavy atom. The van der Waals surface area contributed by atoms with E-state index in [1.807, 2.05) is 12.1 Å². The van der Waals surface area contributed by atoms with E-state index in [4.69, 9.17) is 23.2 Å². The number of carbonyl (C=O) groups is 2. The van der Waals surface area contributed by atoms with Crippen LogP contribution in [0.15, 0.2) is 99.1 Å². The van der Waals surface area contributed by atoms with Gasteiger partial charge in [-0.25, -0.2) is 0 Å². The first-order valence-corrected chi connectivity index (χ1v) is 13.9. The van der Waals surface area contributed by atoms with Crippen LogP contribution in [0.2, 0.25) is 10.0 Å². The largest absolute Gasteiger partial charge is 0.353 e. The number of allylic oxidation sites excluding steroid dienone is 2. The fraction of sp³-hybridized carbons (Fsp3) is 0.107. The summed E-state index contributed by atoms with van der Waals surface area (Å²) >= 11 is 17.1. The number of carbonyl (C=O) groups excluding carboxylic acids is 2. The highest BCUT2D eigenvalue weighted by molar-refractivity contribution is 9.10. The molecule has 0 fully saturated rings. The van der Waals surface area contributed by atoms with Crippen molar-refractivity contribution in [2.24, 2.45) is 0 Å². The van der Waals surface area contributed by atoms with Gasteiger partial charge < -0.3 is 16.0 Å². The highest BCUT2D eigenvalue weighted by atomic mass is 79.9. The van der Waals surface area contributed by atoms with E-state index in [1.54, 1.807) is 67.6 Å². The van der Waals surface area contributed by atoms with Crippen molar-refractivity contribution >= 4 is 74.1 Å². The second-order valence-electron chi connectivity index (χ2n) is 8.28. The van der Waals surface area contributed by atoms with Crippen LogP contribution in [0.4, 0.5) is 11.4 Å². The van der Waals surface area contributed by atoms with Gasteiger partial charge in [0.25, 0.3) is 5.91 Å². The zero-order valence-corrected chi connectivity index (χ0v) is 23.9. The Balaban J connectivity index is 1.63. The predicted octanol–water partition coefficient (Wildman–Crippen LogP) is 7.46. The van der Waals surface area contributed by atoms with Crippen molar-refractivity contribution in [3.63, 3.8) is 0 Å². The molecule has 0 saturated heterocycles. The maximum atomic E-state index is 13.5. The summed E-state index contributed by atoms with van der Waals surface area (Å²) < 4.78 is 0.906. The number of amides is 2. The lowest BCUT2D eigenvalue weighted by atomic mass is 9.82. The summed E-state index contributed by atoms with van der Waals surface area (Å²) in [6.45, 7) is 1.76. The first-order valence-electron chi connectivity index (χ1n) is 11.4. The molecule has 10 heteroatoms. The minimum Gasteiger partial charge on any atom is -0.353 e. The maximum Gasteiger partial charge on any atom is 0.254 e. The summed E-state index contributed by atoms with van der Waals surface area (Å²) in [5.41, 5.74) is 3.04. The Labute approximate surface area is 243 Å². The lowest BCUT2D eigenvalue weighted by Gasteiger charge is -2.30. The molecule has 1 aliphatic rings. The quantitative estimate of drug-likeness (QED) is 0.253. The van der Waals surface area contributed by atoms with Crippen LogP contribution in [0, 0.1) is 11.3 Å². The molecule has 0 aromatic heterocycles. The summed E-state index contributed by atoms with van der Waals surface area (Å²) in [5, 5.41) is 20.6. The summed E-state index contributed by atoms with van der Waals surface area (Å²) in [6.07, 6.45) is 0. The number of hydrogen-bond donors (Lipinski definition) is 3. The molecule has 3 aromatic rings. The molecule has 0 spiro atoms. The van der Waals surface area contributed by atoms with Gasteiger partial charge in [-0.2, -0.15) is 5.26 Å². The van der Waals surface area contributed by atoms with Gasteiger partial charge in [0.2, 0.25) is 5.91 Å². The smallest absolute Gasteiger partial charge is 0.254 e. The minimum atomic E-state index is -0.737. The van der Waals surface area contributed by atoms with Gasteiger partial charge in [0, 0.05) is 37.2 Å². The fourth-order valence-electron chi connectivity index (χ4n) is 3.95. The fourth-order valence-corrected chi connectivity index (χ4v) is 5.47. The van der Waals surface area contributed by atoms with E-state index < -0.39 is 5.92 Å². The third kappa shape index (κ3) is 6.61. The third-order valence-corrected chi connectivity index (χ3v) is 7.83. The van der Waals surface area contributed by atoms with Crippen LogP contribution in [0.5, 0.6) is 0 Å². The van der Waals surface area contributed by atoms with E-state index in [9.17, 15) is 14.9 Å². The highest BCUT2D eigenvalue weighted by Gasteiger charge is 2.36. The van der Waals surface area contributed by atoms with Crippen molar-refractivity contribution in [2.45, 2.75) is 12.8 Å². The van der Waals surface area contributed by atoms with E-state index in [0.717, 1.165) is 4.47 Å². The first kappa shape index (κ1) is 27.8. The molecule has 4 rings (SSSR count). The standard InChI is InChI=1S/C28H21BrCl2N4O2S/c1-16-25(27(37)35-20-12-8-18(30)9-13-20)26(21-4-2-3-5-23(21)31)22(14-32)28(33-16)38-15-24(36)34-19-10-6-17(29)7-11-19/h2-13,26,33H,15H2,1H3,(H,34,36)(H,35,37)/t26-/m0/s1. The lowest BCUT2D eigenvalue weighted by molar-refractivity contribution is -0.114. The van der Waals surface area contributed by atoms with Gasteiger partial charge in [0.05, 0.1) is 28.3 Å². The van der Waals surface area contributed by atoms with Gasteiger partial charge in [-0.3, -0.25) is 9.59 Å². The number of anilines is 2. The molecule has 3 N–H and O–H groups in total. The zero-order chi connectivity index (χ0) is 27.2. The van der Waals surface area contributed by atoms with Crippen LogP contribution >= 0.6 is 50.9 Å². The zero-order valence-electron chi connectivity index (χ0n) is 20.0. The number of nitriles is 1. The highest BCUT2D eigenvalue weighted by Crippen LogP contribution is 2.43. The molecule has 192 valence electrons. The van der Waals surface area contributed by atoms with Crippen LogP contribution in [0.25, 0.3) is 0 Å². The summed E-state index contributed by atoms with van der Waals surface area (Å²) in [4.78, 5) is 26.2. The first-order chi connectivity index (χ1) is 18.3. The van der Waals surface area contributed by atoms with E-state index >= 15 is 0 Å². The van der Waals surface area contributed by atoms with Crippen molar-refractivity contribution in [3.05, 3.63) is 115 Å². The van der Waals surface area contributed by atoms with E-state index in [0.29, 0.717) is 48.9 Å². The summed E-state index contributed by atoms with van der Waals surface area (Å²) in [6, 6.07) is 23.4. The number of hydrogen-bond acceptors (Lipinski definition) is 5. The van der Waals surface area contributed by atoms with Crippen molar-refractivity contribution in [3.8, 4) is 6.07 Å². The number of nitrogens with one attached hydrogen (secondary N) is 3. The number of thioether (sulfide) groups is 1. The molecular formula is C28H21BrCl2N4O2S. The van der Waals surface area contributed by atoms with Crippen LogP contribution in [0.3, 0.4) is 0 Å². The molecule has 6 nitrogen and oxygen atoms in total. The van der Waals surface area contributed by atoms with E-state index in [2.05, 4.69) is 37.9 Å². The molecule has 1 atom stereocenters. The maximum absolute atomic E-state index is 13.5. The normalized spacial score (nSPS) is 15.0. The second-order valence-corrected chi connectivity index (χ2v) is 11.0. The molecule has 2 amide bonds. The molecule has 0 bridgehead atoms. The van der Waals surface area contributed by atoms with Crippen molar-refractivity contribution in [1.82, 2.24) is 5.32 Å². The van der Waals surface area contributed by atoms with E-state index in [1.165, 1.54) is 11.8 Å². The minimum absolute atomic E-state index is 0.0540. The predicted molar refractivity (Wildman–Crippen MR) is 158 cm³/mol. The molecule has 0 radical (unpaired) electrons. The van der Waals surface area contributed by atoms with Crippen LogP contribution in [-0.4, -0.2) is 17.6 Å². The Kier molecular flexibility index (Phi) is 9.18. The van der Waals surface area contributed by atoms with E-state index in [-0.39, 0.29) is 17.6 Å². The molecule has 1 aliphatic heterocycles. The average Bonchev–Trinajstić information content (AvgIpc) is 2.90. The topological polar surface area (TPSA) is 94.0 Å². The van der Waals surface area contributed by atoms with Crippen LogP contribution < -0.4 is 16.0 Å². The van der Waals surface area contributed by atoms with Crippen LogP contribution in [-0.2, 0) is 9.59 Å². The number of rotatable bonds is 7. The van der Waals surface area contributed by atoms with Gasteiger partial charge in [0.1, 0.15) is 0 Å². The molecule has 0 unspecified atom stereocenters. The average molecular weight is 628 g/mol. The molecule has 0 saturated carbocycles. The number of benzene rings is 3. The Morgan fingerprint density at radius 3 is 2.29 bits per heavy atom. The summed E-state index contributed by atoms with van der Waals surface area (Å²) in [7, 11) is 0. The molecule has 38 heavy (non-hydrogen) atoms. The SMILES string of the molecule is CC1=C(C(=O)Nc2ccc(Cl)cc2)[C@@H](c2ccccc2Cl)C(C#N)=C(SCC(=O)Nc2ccc(Br)cc2)N1. The van der Waals surface area contributed by atoms with Gasteiger partial charge in [-0.05, 0) is 67.1 Å². The van der Waals surface area contributed by atoms with Gasteiger partial charge >= 0.3 is 0 Å². The Morgan fingerprint density at radius 1 is 1.00 bits per heavy atom. The summed E-state index contributed by atoms with van der Waals surface area (Å²) in [5.74, 6) is -1.30. The van der Waals surface area contributed by atoms with Gasteiger partial charge in [-0.15, -0.1) is 0 Å². The van der Waals surface area contributed by atoms with Crippen LogP contribution in [0.1, 0.15) is 18.4 Å².